The lowest BCUT2D eigenvalue weighted by molar-refractivity contribution is -0.0286. The Labute approximate surface area is 102 Å². The summed E-state index contributed by atoms with van der Waals surface area (Å²) in [7, 11) is -3.16. The number of hydrogen-bond acceptors (Lipinski definition) is 3. The highest BCUT2D eigenvalue weighted by Gasteiger charge is 2.32. The second-order valence-electron chi connectivity index (χ2n) is 4.41. The summed E-state index contributed by atoms with van der Waals surface area (Å²) in [6, 6.07) is 9.62. The lowest BCUT2D eigenvalue weighted by atomic mass is 10.1. The molecule has 1 heterocycles. The van der Waals surface area contributed by atoms with Gasteiger partial charge in [0.05, 0.1) is 19.0 Å². The molecule has 4 nitrogen and oxygen atoms in total. The molecule has 0 spiro atoms. The minimum absolute atomic E-state index is 0.0926. The van der Waals surface area contributed by atoms with Gasteiger partial charge in [-0.2, -0.15) is 4.31 Å². The largest absolute Gasteiger partial charge is 0.370 e. The molecule has 0 bridgehead atoms. The van der Waals surface area contributed by atoms with Crippen LogP contribution in [0.25, 0.3) is 0 Å². The first-order chi connectivity index (χ1) is 7.98. The third kappa shape index (κ3) is 2.86. The van der Waals surface area contributed by atoms with Crippen LogP contribution in [0.15, 0.2) is 30.3 Å². The van der Waals surface area contributed by atoms with Crippen LogP contribution in [0.5, 0.6) is 0 Å². The molecule has 1 aromatic carbocycles. The summed E-state index contributed by atoms with van der Waals surface area (Å²) in [6.45, 7) is 2.69. The molecule has 0 N–H and O–H groups in total. The van der Waals surface area contributed by atoms with E-state index in [0.29, 0.717) is 13.2 Å². The summed E-state index contributed by atoms with van der Waals surface area (Å²) in [5, 5.41) is 0. The molecule has 1 fully saturated rings. The van der Waals surface area contributed by atoms with Gasteiger partial charge in [-0.25, -0.2) is 8.42 Å². The van der Waals surface area contributed by atoms with Crippen molar-refractivity contribution in [3.05, 3.63) is 35.9 Å². The van der Waals surface area contributed by atoms with Gasteiger partial charge in [0.25, 0.3) is 0 Å². The molecule has 0 aliphatic carbocycles. The van der Waals surface area contributed by atoms with Crippen LogP contribution in [0.1, 0.15) is 18.6 Å². The van der Waals surface area contributed by atoms with Gasteiger partial charge in [-0.05, 0) is 12.5 Å². The molecule has 2 atom stereocenters. The minimum Gasteiger partial charge on any atom is -0.370 e. The highest BCUT2D eigenvalue weighted by Crippen LogP contribution is 2.26. The van der Waals surface area contributed by atoms with Crippen molar-refractivity contribution in [2.45, 2.75) is 19.1 Å². The molecule has 0 radical (unpaired) electrons. The van der Waals surface area contributed by atoms with Crippen molar-refractivity contribution in [2.24, 2.45) is 0 Å². The minimum atomic E-state index is -3.16. The van der Waals surface area contributed by atoms with Crippen molar-refractivity contribution in [1.29, 1.82) is 0 Å². The summed E-state index contributed by atoms with van der Waals surface area (Å²) in [4.78, 5) is 0. The molecule has 1 saturated heterocycles. The van der Waals surface area contributed by atoms with Crippen LogP contribution < -0.4 is 0 Å². The smallest absolute Gasteiger partial charge is 0.211 e. The first kappa shape index (κ1) is 12.5. The van der Waals surface area contributed by atoms with Crippen molar-refractivity contribution in [2.75, 3.05) is 19.4 Å². The van der Waals surface area contributed by atoms with E-state index in [1.165, 1.54) is 10.6 Å². The highest BCUT2D eigenvalue weighted by molar-refractivity contribution is 7.88. The molecule has 0 unspecified atom stereocenters. The molecule has 94 valence electrons. The standard InChI is InChI=1S/C12H17NO3S/c1-10-9-16-12(8-13(10)17(2,14)15)11-6-4-3-5-7-11/h3-7,10,12H,8-9H2,1-2H3/t10-,12-/m0/s1. The lowest BCUT2D eigenvalue weighted by Crippen LogP contribution is -2.47. The second-order valence-corrected chi connectivity index (χ2v) is 6.35. The van der Waals surface area contributed by atoms with Gasteiger partial charge in [-0.1, -0.05) is 30.3 Å². The summed E-state index contributed by atoms with van der Waals surface area (Å²) in [5.41, 5.74) is 1.02. The molecular weight excluding hydrogens is 238 g/mol. The molecule has 5 heteroatoms. The van der Waals surface area contributed by atoms with Crippen LogP contribution in [-0.2, 0) is 14.8 Å². The van der Waals surface area contributed by atoms with Crippen molar-refractivity contribution in [1.82, 2.24) is 4.31 Å². The predicted molar refractivity (Wildman–Crippen MR) is 66.1 cm³/mol. The van der Waals surface area contributed by atoms with Crippen LogP contribution in [0, 0.1) is 0 Å². The van der Waals surface area contributed by atoms with Gasteiger partial charge in [0.1, 0.15) is 0 Å². The molecule has 1 aliphatic rings. The van der Waals surface area contributed by atoms with Crippen LogP contribution >= 0.6 is 0 Å². The topological polar surface area (TPSA) is 46.6 Å². The molecule has 0 saturated carbocycles. The van der Waals surface area contributed by atoms with E-state index in [2.05, 4.69) is 0 Å². The fourth-order valence-electron chi connectivity index (χ4n) is 2.07. The van der Waals surface area contributed by atoms with E-state index in [0.717, 1.165) is 5.56 Å². The normalized spacial score (nSPS) is 26.9. The monoisotopic (exact) mass is 255 g/mol. The maximum absolute atomic E-state index is 11.6. The maximum Gasteiger partial charge on any atom is 0.211 e. The Hall–Kier alpha value is -0.910. The molecule has 1 aromatic rings. The molecule has 1 aliphatic heterocycles. The fraction of sp³-hybridized carbons (Fsp3) is 0.500. The van der Waals surface area contributed by atoms with Gasteiger partial charge in [0.15, 0.2) is 0 Å². The van der Waals surface area contributed by atoms with Crippen LogP contribution in [0.3, 0.4) is 0 Å². The zero-order valence-electron chi connectivity index (χ0n) is 10.0. The van der Waals surface area contributed by atoms with Gasteiger partial charge in [0, 0.05) is 12.6 Å². The third-order valence-electron chi connectivity index (χ3n) is 2.97. The van der Waals surface area contributed by atoms with E-state index in [-0.39, 0.29) is 12.1 Å². The van der Waals surface area contributed by atoms with Gasteiger partial charge < -0.3 is 4.74 Å². The van der Waals surface area contributed by atoms with E-state index in [1.807, 2.05) is 37.3 Å². The van der Waals surface area contributed by atoms with E-state index in [1.54, 1.807) is 0 Å². The van der Waals surface area contributed by atoms with Crippen molar-refractivity contribution < 1.29 is 13.2 Å². The number of rotatable bonds is 2. The average molecular weight is 255 g/mol. The van der Waals surface area contributed by atoms with Crippen molar-refractivity contribution in [3.63, 3.8) is 0 Å². The number of sulfonamides is 1. The van der Waals surface area contributed by atoms with Crippen LogP contribution in [-0.4, -0.2) is 38.2 Å². The van der Waals surface area contributed by atoms with Gasteiger partial charge in [-0.15, -0.1) is 0 Å². The quantitative estimate of drug-likeness (QED) is 0.802. The third-order valence-corrected chi connectivity index (χ3v) is 4.33. The Morgan fingerprint density at radius 1 is 1.29 bits per heavy atom. The van der Waals surface area contributed by atoms with E-state index in [4.69, 9.17) is 4.74 Å². The zero-order valence-corrected chi connectivity index (χ0v) is 10.9. The summed E-state index contributed by atoms with van der Waals surface area (Å²) < 4.78 is 30.5. The molecule has 0 amide bonds. The zero-order chi connectivity index (χ0) is 12.5. The Morgan fingerprint density at radius 3 is 2.53 bits per heavy atom. The van der Waals surface area contributed by atoms with E-state index >= 15 is 0 Å². The van der Waals surface area contributed by atoms with Crippen LogP contribution in [0.2, 0.25) is 0 Å². The van der Waals surface area contributed by atoms with E-state index in [9.17, 15) is 8.42 Å². The summed E-state index contributed by atoms with van der Waals surface area (Å²) in [5.74, 6) is 0. The Kier molecular flexibility index (Phi) is 3.51. The first-order valence-corrected chi connectivity index (χ1v) is 7.46. The summed E-state index contributed by atoms with van der Waals surface area (Å²) >= 11 is 0. The van der Waals surface area contributed by atoms with Gasteiger partial charge in [0.2, 0.25) is 10.0 Å². The maximum atomic E-state index is 11.6. The van der Waals surface area contributed by atoms with Crippen LogP contribution in [0.4, 0.5) is 0 Å². The molecule has 17 heavy (non-hydrogen) atoms. The lowest BCUT2D eigenvalue weighted by Gasteiger charge is -2.36. The Balaban J connectivity index is 2.19. The molecule has 0 aromatic heterocycles. The SMILES string of the molecule is C[C@H]1CO[C@H](c2ccccc2)CN1S(C)(=O)=O. The average Bonchev–Trinajstić information content (AvgIpc) is 2.29. The Bertz CT molecular complexity index is 472. The molecular formula is C12H17NO3S. The number of nitrogens with zero attached hydrogens (tertiary/aromatic N) is 1. The number of ether oxygens (including phenoxy) is 1. The number of benzene rings is 1. The highest BCUT2D eigenvalue weighted by atomic mass is 32.2. The van der Waals surface area contributed by atoms with Gasteiger partial charge in [-0.3, -0.25) is 0 Å². The fourth-order valence-corrected chi connectivity index (χ4v) is 3.19. The van der Waals surface area contributed by atoms with Crippen molar-refractivity contribution in [3.8, 4) is 0 Å². The molecule has 2 rings (SSSR count). The predicted octanol–water partition coefficient (Wildman–Crippen LogP) is 1.41. The summed E-state index contributed by atoms with van der Waals surface area (Å²) in [6.07, 6.45) is 1.08. The number of hydrogen-bond donors (Lipinski definition) is 0. The first-order valence-electron chi connectivity index (χ1n) is 5.62. The second kappa shape index (κ2) is 4.76. The van der Waals surface area contributed by atoms with E-state index < -0.39 is 10.0 Å². The van der Waals surface area contributed by atoms with Gasteiger partial charge >= 0.3 is 0 Å². The number of morpholine rings is 1. The van der Waals surface area contributed by atoms with Crippen molar-refractivity contribution >= 4 is 10.0 Å². The Morgan fingerprint density at radius 2 is 1.94 bits per heavy atom.